The molecular weight excluding hydrogens is 224 g/mol. The number of hydrogen-bond acceptors (Lipinski definition) is 3. The van der Waals surface area contributed by atoms with Gasteiger partial charge in [-0.15, -0.1) is 0 Å². The molecular formula is C14H18N4. The second-order valence-corrected chi connectivity index (χ2v) is 5.11. The van der Waals surface area contributed by atoms with Gasteiger partial charge in [-0.1, -0.05) is 26.0 Å². The average molecular weight is 242 g/mol. The summed E-state index contributed by atoms with van der Waals surface area (Å²) in [7, 11) is 0. The van der Waals surface area contributed by atoms with E-state index in [9.17, 15) is 0 Å². The molecule has 94 valence electrons. The lowest BCUT2D eigenvalue weighted by atomic mass is 9.98. The van der Waals surface area contributed by atoms with Gasteiger partial charge in [0.25, 0.3) is 0 Å². The van der Waals surface area contributed by atoms with E-state index in [0.717, 1.165) is 36.7 Å². The third-order valence-corrected chi connectivity index (χ3v) is 3.40. The van der Waals surface area contributed by atoms with Crippen molar-refractivity contribution in [1.29, 1.82) is 0 Å². The van der Waals surface area contributed by atoms with Crippen molar-refractivity contribution in [2.75, 3.05) is 6.54 Å². The van der Waals surface area contributed by atoms with Gasteiger partial charge in [-0.25, -0.2) is 4.98 Å². The quantitative estimate of drug-likeness (QED) is 0.849. The SMILES string of the molecule is CC(C)c1nc(-c2ccc3c(c2)CNCC3)n[nH]1. The average Bonchev–Trinajstić information content (AvgIpc) is 2.88. The number of H-pyrrole nitrogens is 1. The summed E-state index contributed by atoms with van der Waals surface area (Å²) in [5, 5.41) is 10.7. The third kappa shape index (κ3) is 2.04. The maximum atomic E-state index is 4.54. The molecule has 0 bridgehead atoms. The highest BCUT2D eigenvalue weighted by Crippen LogP contribution is 2.22. The summed E-state index contributed by atoms with van der Waals surface area (Å²) in [6, 6.07) is 6.53. The van der Waals surface area contributed by atoms with E-state index in [1.54, 1.807) is 0 Å². The van der Waals surface area contributed by atoms with Gasteiger partial charge >= 0.3 is 0 Å². The van der Waals surface area contributed by atoms with Crippen LogP contribution in [0.2, 0.25) is 0 Å². The molecule has 0 fully saturated rings. The first kappa shape index (κ1) is 11.4. The van der Waals surface area contributed by atoms with E-state index >= 15 is 0 Å². The van der Waals surface area contributed by atoms with Crippen molar-refractivity contribution in [3.8, 4) is 11.4 Å². The van der Waals surface area contributed by atoms with Crippen LogP contribution < -0.4 is 5.32 Å². The number of rotatable bonds is 2. The Balaban J connectivity index is 1.95. The molecule has 0 atom stereocenters. The minimum absolute atomic E-state index is 0.380. The molecule has 0 radical (unpaired) electrons. The van der Waals surface area contributed by atoms with Gasteiger partial charge in [-0.2, -0.15) is 5.10 Å². The number of fused-ring (bicyclic) bond motifs is 1. The van der Waals surface area contributed by atoms with Gasteiger partial charge in [-0.3, -0.25) is 5.10 Å². The maximum Gasteiger partial charge on any atom is 0.181 e. The lowest BCUT2D eigenvalue weighted by Crippen LogP contribution is -2.23. The molecule has 18 heavy (non-hydrogen) atoms. The summed E-state index contributed by atoms with van der Waals surface area (Å²) >= 11 is 0. The van der Waals surface area contributed by atoms with E-state index in [0.29, 0.717) is 5.92 Å². The van der Waals surface area contributed by atoms with Crippen molar-refractivity contribution < 1.29 is 0 Å². The van der Waals surface area contributed by atoms with Crippen LogP contribution in [0.15, 0.2) is 18.2 Å². The Morgan fingerprint density at radius 3 is 2.89 bits per heavy atom. The number of benzene rings is 1. The number of aromatic amines is 1. The summed E-state index contributed by atoms with van der Waals surface area (Å²) in [6.07, 6.45) is 1.11. The van der Waals surface area contributed by atoms with Crippen molar-refractivity contribution >= 4 is 0 Å². The van der Waals surface area contributed by atoms with Crippen molar-refractivity contribution in [3.05, 3.63) is 35.2 Å². The molecule has 1 aliphatic heterocycles. The molecule has 1 aliphatic rings. The predicted molar refractivity (Wildman–Crippen MR) is 71.3 cm³/mol. The summed E-state index contributed by atoms with van der Waals surface area (Å²) in [5.41, 5.74) is 3.91. The number of nitrogens with one attached hydrogen (secondary N) is 2. The lowest BCUT2D eigenvalue weighted by Gasteiger charge is -2.17. The number of aromatic nitrogens is 3. The zero-order valence-electron chi connectivity index (χ0n) is 10.8. The summed E-state index contributed by atoms with van der Waals surface area (Å²) in [4.78, 5) is 4.54. The molecule has 0 saturated heterocycles. The van der Waals surface area contributed by atoms with Crippen molar-refractivity contribution in [1.82, 2.24) is 20.5 Å². The highest BCUT2D eigenvalue weighted by Gasteiger charge is 2.12. The van der Waals surface area contributed by atoms with E-state index in [1.807, 2.05) is 0 Å². The highest BCUT2D eigenvalue weighted by molar-refractivity contribution is 5.57. The maximum absolute atomic E-state index is 4.54. The Hall–Kier alpha value is -1.68. The number of nitrogens with zero attached hydrogens (tertiary/aromatic N) is 2. The van der Waals surface area contributed by atoms with E-state index in [1.165, 1.54) is 11.1 Å². The fourth-order valence-corrected chi connectivity index (χ4v) is 2.28. The van der Waals surface area contributed by atoms with E-state index in [2.05, 4.69) is 52.5 Å². The number of hydrogen-bond donors (Lipinski definition) is 2. The van der Waals surface area contributed by atoms with Crippen LogP contribution in [-0.2, 0) is 13.0 Å². The van der Waals surface area contributed by atoms with Crippen LogP contribution in [0.3, 0.4) is 0 Å². The molecule has 2 heterocycles. The first-order valence-corrected chi connectivity index (χ1v) is 6.49. The minimum atomic E-state index is 0.380. The first-order valence-electron chi connectivity index (χ1n) is 6.49. The van der Waals surface area contributed by atoms with Crippen molar-refractivity contribution in [3.63, 3.8) is 0 Å². The van der Waals surface area contributed by atoms with Crippen LogP contribution in [0.1, 0.15) is 36.7 Å². The van der Waals surface area contributed by atoms with Crippen LogP contribution in [0, 0.1) is 0 Å². The zero-order valence-corrected chi connectivity index (χ0v) is 10.8. The Labute approximate surface area is 107 Å². The fraction of sp³-hybridized carbons (Fsp3) is 0.429. The normalized spacial score (nSPS) is 14.8. The molecule has 2 aromatic rings. The predicted octanol–water partition coefficient (Wildman–Crippen LogP) is 2.24. The summed E-state index contributed by atoms with van der Waals surface area (Å²) in [6.45, 7) is 6.25. The fourth-order valence-electron chi connectivity index (χ4n) is 2.28. The Morgan fingerprint density at radius 1 is 1.22 bits per heavy atom. The van der Waals surface area contributed by atoms with E-state index in [-0.39, 0.29) is 0 Å². The van der Waals surface area contributed by atoms with E-state index in [4.69, 9.17) is 0 Å². The molecule has 0 saturated carbocycles. The second kappa shape index (κ2) is 4.53. The largest absolute Gasteiger partial charge is 0.312 e. The van der Waals surface area contributed by atoms with Crippen molar-refractivity contribution in [2.24, 2.45) is 0 Å². The Bertz CT molecular complexity index is 557. The van der Waals surface area contributed by atoms with Gasteiger partial charge in [-0.05, 0) is 30.2 Å². The Morgan fingerprint density at radius 2 is 2.11 bits per heavy atom. The summed E-state index contributed by atoms with van der Waals surface area (Å²) in [5.74, 6) is 2.12. The van der Waals surface area contributed by atoms with Gasteiger partial charge in [0.2, 0.25) is 0 Å². The van der Waals surface area contributed by atoms with Crippen LogP contribution in [0.4, 0.5) is 0 Å². The van der Waals surface area contributed by atoms with Crippen LogP contribution in [0.5, 0.6) is 0 Å². The standard InChI is InChI=1S/C14H18N4/c1-9(2)13-16-14(18-17-13)11-4-3-10-5-6-15-8-12(10)7-11/h3-4,7,9,15H,5-6,8H2,1-2H3,(H,16,17,18). The Kier molecular flexibility index (Phi) is 2.88. The van der Waals surface area contributed by atoms with Gasteiger partial charge in [0.15, 0.2) is 5.82 Å². The smallest absolute Gasteiger partial charge is 0.181 e. The molecule has 0 aliphatic carbocycles. The highest BCUT2D eigenvalue weighted by atomic mass is 15.2. The molecule has 1 aromatic heterocycles. The first-order chi connectivity index (χ1) is 8.74. The summed E-state index contributed by atoms with van der Waals surface area (Å²) < 4.78 is 0. The van der Waals surface area contributed by atoms with Gasteiger partial charge < -0.3 is 5.32 Å². The van der Waals surface area contributed by atoms with Gasteiger partial charge in [0.1, 0.15) is 5.82 Å². The topological polar surface area (TPSA) is 53.6 Å². The molecule has 2 N–H and O–H groups in total. The van der Waals surface area contributed by atoms with Crippen molar-refractivity contribution in [2.45, 2.75) is 32.7 Å². The van der Waals surface area contributed by atoms with Gasteiger partial charge in [0.05, 0.1) is 0 Å². The van der Waals surface area contributed by atoms with Gasteiger partial charge in [0, 0.05) is 18.0 Å². The molecule has 4 heteroatoms. The molecule has 3 rings (SSSR count). The second-order valence-electron chi connectivity index (χ2n) is 5.11. The molecule has 0 unspecified atom stereocenters. The molecule has 1 aromatic carbocycles. The monoisotopic (exact) mass is 242 g/mol. The van der Waals surface area contributed by atoms with E-state index < -0.39 is 0 Å². The zero-order chi connectivity index (χ0) is 12.5. The molecule has 0 spiro atoms. The van der Waals surface area contributed by atoms with Crippen LogP contribution in [0.25, 0.3) is 11.4 Å². The van der Waals surface area contributed by atoms with Crippen LogP contribution >= 0.6 is 0 Å². The third-order valence-electron chi connectivity index (χ3n) is 3.40. The molecule has 0 amide bonds. The van der Waals surface area contributed by atoms with Crippen LogP contribution in [-0.4, -0.2) is 21.7 Å². The minimum Gasteiger partial charge on any atom is -0.312 e. The molecule has 4 nitrogen and oxygen atoms in total. The lowest BCUT2D eigenvalue weighted by molar-refractivity contribution is 0.644.